The summed E-state index contributed by atoms with van der Waals surface area (Å²) in [5, 5.41) is 0. The molecule has 1 aliphatic heterocycles. The van der Waals surface area contributed by atoms with E-state index in [4.69, 9.17) is 4.74 Å². The first-order chi connectivity index (χ1) is 15.8. The third kappa shape index (κ3) is 5.35. The van der Waals surface area contributed by atoms with Crippen LogP contribution in [-0.2, 0) is 26.4 Å². The summed E-state index contributed by atoms with van der Waals surface area (Å²) in [4.78, 5) is 43.9. The highest BCUT2D eigenvalue weighted by Crippen LogP contribution is 2.40. The van der Waals surface area contributed by atoms with E-state index in [0.717, 1.165) is 14.9 Å². The van der Waals surface area contributed by atoms with Crippen LogP contribution in [0, 0.1) is 5.92 Å². The van der Waals surface area contributed by atoms with Crippen LogP contribution in [-0.4, -0.2) is 39.4 Å². The zero-order chi connectivity index (χ0) is 25.3. The zero-order valence-electron chi connectivity index (χ0n) is 20.7. The molecule has 2 aromatic rings. The second-order valence-corrected chi connectivity index (χ2v) is 11.2. The van der Waals surface area contributed by atoms with Gasteiger partial charge in [0.1, 0.15) is 17.2 Å². The smallest absolute Gasteiger partial charge is 0.329 e. The number of nitrogens with zero attached hydrogens (tertiary/aromatic N) is 2. The summed E-state index contributed by atoms with van der Waals surface area (Å²) < 4.78 is 6.51. The number of carbonyl (C=O) groups is 3. The Hall–Kier alpha value is -2.67. The molecule has 0 radical (unpaired) electrons. The topological polar surface area (TPSA) is 66.9 Å². The Balaban J connectivity index is 2.10. The molecule has 1 heterocycles. The van der Waals surface area contributed by atoms with E-state index >= 15 is 0 Å². The molecule has 1 fully saturated rings. The fraction of sp³-hybridized carbons (Fsp3) is 0.444. The summed E-state index contributed by atoms with van der Waals surface area (Å²) in [6, 6.07) is 15.4. The van der Waals surface area contributed by atoms with Crippen molar-refractivity contribution in [3.63, 3.8) is 0 Å². The summed E-state index contributed by atoms with van der Waals surface area (Å²) >= 11 is 3.44. The Morgan fingerprint density at radius 1 is 1.03 bits per heavy atom. The number of carbonyl (C=O) groups excluding carboxylic acids is 3. The highest BCUT2D eigenvalue weighted by molar-refractivity contribution is 9.10. The Morgan fingerprint density at radius 3 is 2.15 bits per heavy atom. The monoisotopic (exact) mass is 528 g/mol. The van der Waals surface area contributed by atoms with Crippen molar-refractivity contribution < 1.29 is 19.1 Å². The number of amides is 3. The third-order valence-electron chi connectivity index (χ3n) is 5.89. The largest absolute Gasteiger partial charge is 0.458 e. The minimum absolute atomic E-state index is 0.0697. The normalized spacial score (nSPS) is 19.6. The minimum atomic E-state index is -1.27. The van der Waals surface area contributed by atoms with Crippen molar-refractivity contribution in [3.05, 3.63) is 70.2 Å². The number of halogens is 1. The molecule has 1 saturated heterocycles. The van der Waals surface area contributed by atoms with Gasteiger partial charge in [0.05, 0.1) is 0 Å². The van der Waals surface area contributed by atoms with Crippen LogP contribution in [0.5, 0.6) is 0 Å². The molecular formula is C27H33BrN2O4. The summed E-state index contributed by atoms with van der Waals surface area (Å²) in [6.07, 6.45) is 0.321. The number of hydrogen-bond acceptors (Lipinski definition) is 4. The van der Waals surface area contributed by atoms with Gasteiger partial charge in [0.2, 0.25) is 0 Å². The van der Waals surface area contributed by atoms with Crippen molar-refractivity contribution in [1.29, 1.82) is 0 Å². The van der Waals surface area contributed by atoms with Crippen molar-refractivity contribution in [2.45, 2.75) is 71.7 Å². The quantitative estimate of drug-likeness (QED) is 0.332. The van der Waals surface area contributed by atoms with Crippen LogP contribution in [0.4, 0.5) is 4.79 Å². The lowest BCUT2D eigenvalue weighted by Crippen LogP contribution is -2.49. The molecule has 34 heavy (non-hydrogen) atoms. The Kier molecular flexibility index (Phi) is 7.56. The van der Waals surface area contributed by atoms with E-state index in [1.807, 2.05) is 68.4 Å². The molecule has 0 aromatic heterocycles. The molecule has 0 saturated carbocycles. The zero-order valence-corrected chi connectivity index (χ0v) is 22.3. The number of benzene rings is 2. The standard InChI is InChI=1S/C27H33BrN2O4/c1-18(2)16-22(23(31)34-26(3,4)5)30-24(32)27(6,20-12-14-21(28)15-13-20)29(25(30)33)17-19-10-8-7-9-11-19/h7-15,18,22H,16-17H2,1-6H3/t22-,27-/m0/s1. The number of rotatable bonds is 7. The van der Waals surface area contributed by atoms with Crippen LogP contribution in [0.3, 0.4) is 0 Å². The summed E-state index contributed by atoms with van der Waals surface area (Å²) in [5.41, 5.74) is -0.437. The van der Waals surface area contributed by atoms with Gasteiger partial charge in [-0.3, -0.25) is 4.79 Å². The lowest BCUT2D eigenvalue weighted by atomic mass is 9.89. The van der Waals surface area contributed by atoms with Crippen LogP contribution in [0.1, 0.15) is 59.1 Å². The van der Waals surface area contributed by atoms with E-state index in [1.54, 1.807) is 32.6 Å². The van der Waals surface area contributed by atoms with Crippen molar-refractivity contribution in [2.24, 2.45) is 5.92 Å². The molecule has 2 atom stereocenters. The van der Waals surface area contributed by atoms with Gasteiger partial charge in [-0.25, -0.2) is 14.5 Å². The predicted octanol–water partition coefficient (Wildman–Crippen LogP) is 5.89. The van der Waals surface area contributed by atoms with Gasteiger partial charge in [-0.1, -0.05) is 72.2 Å². The van der Waals surface area contributed by atoms with Gasteiger partial charge < -0.3 is 9.64 Å². The van der Waals surface area contributed by atoms with Gasteiger partial charge in [0.25, 0.3) is 5.91 Å². The fourth-order valence-corrected chi connectivity index (χ4v) is 4.47. The molecule has 3 rings (SSSR count). The van der Waals surface area contributed by atoms with Crippen LogP contribution >= 0.6 is 15.9 Å². The second-order valence-electron chi connectivity index (χ2n) is 10.3. The average Bonchev–Trinajstić information content (AvgIpc) is 2.93. The van der Waals surface area contributed by atoms with E-state index in [-0.39, 0.29) is 12.5 Å². The lowest BCUT2D eigenvalue weighted by Gasteiger charge is -2.32. The van der Waals surface area contributed by atoms with Gasteiger partial charge in [-0.15, -0.1) is 0 Å². The maximum Gasteiger partial charge on any atom is 0.329 e. The van der Waals surface area contributed by atoms with Gasteiger partial charge >= 0.3 is 12.0 Å². The van der Waals surface area contributed by atoms with Gasteiger partial charge in [0, 0.05) is 11.0 Å². The van der Waals surface area contributed by atoms with Gasteiger partial charge in [-0.2, -0.15) is 0 Å². The highest BCUT2D eigenvalue weighted by Gasteiger charge is 2.58. The first-order valence-electron chi connectivity index (χ1n) is 11.5. The van der Waals surface area contributed by atoms with E-state index in [0.29, 0.717) is 12.0 Å². The van der Waals surface area contributed by atoms with E-state index in [9.17, 15) is 14.4 Å². The van der Waals surface area contributed by atoms with Gasteiger partial charge in [-0.05, 0) is 63.3 Å². The molecule has 3 amide bonds. The third-order valence-corrected chi connectivity index (χ3v) is 6.42. The molecular weight excluding hydrogens is 496 g/mol. The Labute approximate surface area is 210 Å². The SMILES string of the molecule is CC(C)C[C@@H](C(=O)OC(C)(C)C)N1C(=O)N(Cc2ccccc2)[C@@](C)(c2ccc(Br)cc2)C1=O. The first-order valence-corrected chi connectivity index (χ1v) is 12.3. The van der Waals surface area contributed by atoms with Crippen molar-refractivity contribution >= 4 is 33.8 Å². The second kappa shape index (κ2) is 9.90. The van der Waals surface area contributed by atoms with Crippen LogP contribution in [0.25, 0.3) is 0 Å². The summed E-state index contributed by atoms with van der Waals surface area (Å²) in [6.45, 7) is 11.2. The van der Waals surface area contributed by atoms with Gasteiger partial charge in [0.15, 0.2) is 0 Å². The van der Waals surface area contributed by atoms with Crippen LogP contribution < -0.4 is 0 Å². The number of urea groups is 1. The maximum atomic E-state index is 14.1. The molecule has 0 bridgehead atoms. The Bertz CT molecular complexity index is 1050. The molecule has 2 aromatic carbocycles. The fourth-order valence-electron chi connectivity index (χ4n) is 4.20. The maximum absolute atomic E-state index is 14.1. The first kappa shape index (κ1) is 25.9. The van der Waals surface area contributed by atoms with E-state index in [1.165, 1.54) is 0 Å². The van der Waals surface area contributed by atoms with Crippen molar-refractivity contribution in [3.8, 4) is 0 Å². The number of hydrogen-bond donors (Lipinski definition) is 0. The molecule has 0 spiro atoms. The highest BCUT2D eigenvalue weighted by atomic mass is 79.9. The predicted molar refractivity (Wildman–Crippen MR) is 135 cm³/mol. The van der Waals surface area contributed by atoms with E-state index < -0.39 is 35.1 Å². The summed E-state index contributed by atoms with van der Waals surface area (Å²) in [5.74, 6) is -0.921. The molecule has 1 aliphatic rings. The average molecular weight is 529 g/mol. The van der Waals surface area contributed by atoms with Crippen LogP contribution in [0.2, 0.25) is 0 Å². The molecule has 0 unspecified atom stereocenters. The molecule has 182 valence electrons. The molecule has 7 heteroatoms. The minimum Gasteiger partial charge on any atom is -0.458 e. The molecule has 6 nitrogen and oxygen atoms in total. The number of ether oxygens (including phenoxy) is 1. The van der Waals surface area contributed by atoms with Crippen LogP contribution in [0.15, 0.2) is 59.1 Å². The molecule has 0 N–H and O–H groups in total. The Morgan fingerprint density at radius 2 is 1.62 bits per heavy atom. The molecule has 0 aliphatic carbocycles. The van der Waals surface area contributed by atoms with Crippen molar-refractivity contribution in [2.75, 3.05) is 0 Å². The lowest BCUT2D eigenvalue weighted by molar-refractivity contribution is -0.163. The number of imide groups is 1. The number of esters is 1. The summed E-state index contributed by atoms with van der Waals surface area (Å²) in [7, 11) is 0. The van der Waals surface area contributed by atoms with Crippen molar-refractivity contribution in [1.82, 2.24) is 9.80 Å². The van der Waals surface area contributed by atoms with E-state index in [2.05, 4.69) is 15.9 Å².